The van der Waals surface area contributed by atoms with Crippen LogP contribution in [0, 0.1) is 17.7 Å². The molecule has 3 N–H and O–H groups in total. The highest BCUT2D eigenvalue weighted by molar-refractivity contribution is 5.65. The first-order valence-electron chi connectivity index (χ1n) is 10.8. The van der Waals surface area contributed by atoms with Crippen LogP contribution in [0.25, 0.3) is 0 Å². The molecule has 1 aromatic carbocycles. The molecule has 2 saturated heterocycles. The topological polar surface area (TPSA) is 64.6 Å². The molecule has 154 valence electrons. The van der Waals surface area contributed by atoms with Gasteiger partial charge in [-0.25, -0.2) is 9.18 Å². The Morgan fingerprint density at radius 2 is 2.00 bits per heavy atom. The van der Waals surface area contributed by atoms with Gasteiger partial charge in [-0.15, -0.1) is 0 Å². The maximum atomic E-state index is 14.4. The number of halogens is 1. The van der Waals surface area contributed by atoms with Crippen LogP contribution in [0.2, 0.25) is 0 Å². The molecule has 1 aromatic rings. The number of carboxylic acid groups (broad SMARTS) is 1. The SMILES string of the molecule is O=C(O)N[C@H]1CCC[C@@H]1[C@](CN1CCC1)(c1cccc(F)c1)C1CCNCC1. The second-order valence-electron chi connectivity index (χ2n) is 8.80. The highest BCUT2D eigenvalue weighted by atomic mass is 19.1. The minimum atomic E-state index is -0.945. The summed E-state index contributed by atoms with van der Waals surface area (Å²) in [6.45, 7) is 5.04. The molecule has 0 radical (unpaired) electrons. The van der Waals surface area contributed by atoms with Gasteiger partial charge >= 0.3 is 6.09 Å². The first kappa shape index (κ1) is 19.6. The quantitative estimate of drug-likeness (QED) is 0.699. The average Bonchev–Trinajstić information content (AvgIpc) is 3.10. The van der Waals surface area contributed by atoms with Gasteiger partial charge in [-0.05, 0) is 87.8 Å². The van der Waals surface area contributed by atoms with Gasteiger partial charge in [-0.1, -0.05) is 18.6 Å². The third-order valence-electron chi connectivity index (χ3n) is 7.35. The molecule has 1 aliphatic carbocycles. The van der Waals surface area contributed by atoms with Crippen molar-refractivity contribution in [3.05, 3.63) is 35.6 Å². The van der Waals surface area contributed by atoms with Gasteiger partial charge in [0, 0.05) is 18.0 Å². The molecule has 3 aliphatic rings. The summed E-state index contributed by atoms with van der Waals surface area (Å²) in [5.74, 6) is 0.437. The molecule has 0 bridgehead atoms. The smallest absolute Gasteiger partial charge is 0.404 e. The van der Waals surface area contributed by atoms with Crippen LogP contribution in [0.5, 0.6) is 0 Å². The molecule has 1 amide bonds. The maximum Gasteiger partial charge on any atom is 0.404 e. The lowest BCUT2D eigenvalue weighted by Gasteiger charge is -2.53. The van der Waals surface area contributed by atoms with Gasteiger partial charge < -0.3 is 20.6 Å². The van der Waals surface area contributed by atoms with Gasteiger partial charge in [0.25, 0.3) is 0 Å². The van der Waals surface area contributed by atoms with E-state index in [0.29, 0.717) is 5.92 Å². The first-order valence-corrected chi connectivity index (χ1v) is 10.8. The van der Waals surface area contributed by atoms with Gasteiger partial charge in [0.15, 0.2) is 0 Å². The summed E-state index contributed by atoms with van der Waals surface area (Å²) in [5, 5.41) is 15.7. The van der Waals surface area contributed by atoms with Crippen molar-refractivity contribution < 1.29 is 14.3 Å². The number of carbonyl (C=O) groups is 1. The van der Waals surface area contributed by atoms with Crippen molar-refractivity contribution in [3.8, 4) is 0 Å². The Morgan fingerprint density at radius 3 is 2.64 bits per heavy atom. The fraction of sp³-hybridized carbons (Fsp3) is 0.682. The highest BCUT2D eigenvalue weighted by Gasteiger charge is 2.52. The van der Waals surface area contributed by atoms with Crippen LogP contribution < -0.4 is 10.6 Å². The van der Waals surface area contributed by atoms with E-state index in [1.807, 2.05) is 6.07 Å². The molecule has 3 atom stereocenters. The van der Waals surface area contributed by atoms with E-state index in [4.69, 9.17) is 0 Å². The van der Waals surface area contributed by atoms with Crippen LogP contribution in [0.1, 0.15) is 44.1 Å². The average molecular weight is 390 g/mol. The summed E-state index contributed by atoms with van der Waals surface area (Å²) in [5.41, 5.74) is 0.851. The number of hydrogen-bond acceptors (Lipinski definition) is 3. The summed E-state index contributed by atoms with van der Waals surface area (Å²) < 4.78 is 14.4. The third-order valence-corrected chi connectivity index (χ3v) is 7.35. The number of nitrogens with one attached hydrogen (secondary N) is 2. The lowest BCUT2D eigenvalue weighted by atomic mass is 9.58. The van der Waals surface area contributed by atoms with E-state index < -0.39 is 6.09 Å². The van der Waals surface area contributed by atoms with E-state index in [1.165, 1.54) is 12.5 Å². The monoisotopic (exact) mass is 389 g/mol. The lowest BCUT2D eigenvalue weighted by molar-refractivity contribution is 0.0427. The van der Waals surface area contributed by atoms with Crippen molar-refractivity contribution in [1.29, 1.82) is 0 Å². The molecular weight excluding hydrogens is 357 g/mol. The Bertz CT molecular complexity index is 690. The molecule has 28 heavy (non-hydrogen) atoms. The number of nitrogens with zero attached hydrogens (tertiary/aromatic N) is 1. The van der Waals surface area contributed by atoms with E-state index in [1.54, 1.807) is 6.07 Å². The molecular formula is C22H32FN3O2. The standard InChI is InChI=1S/C22H32FN3O2/c23-18-5-1-4-17(14-18)22(15-26-12-3-13-26,16-8-10-24-11-9-16)19-6-2-7-20(19)25-21(27)28/h1,4-5,14,16,19-20,24-25H,2-3,6-13,15H2,(H,27,28)/t19-,20-,22-/m0/s1. The van der Waals surface area contributed by atoms with Gasteiger partial charge in [0.2, 0.25) is 0 Å². The van der Waals surface area contributed by atoms with E-state index >= 15 is 0 Å². The van der Waals surface area contributed by atoms with Crippen molar-refractivity contribution in [3.63, 3.8) is 0 Å². The molecule has 1 saturated carbocycles. The second kappa shape index (κ2) is 8.37. The van der Waals surface area contributed by atoms with Gasteiger partial charge in [-0.2, -0.15) is 0 Å². The van der Waals surface area contributed by atoms with Crippen LogP contribution in [0.3, 0.4) is 0 Å². The Hall–Kier alpha value is -1.66. The molecule has 0 spiro atoms. The molecule has 0 aromatic heterocycles. The van der Waals surface area contributed by atoms with Crippen LogP contribution in [-0.2, 0) is 5.41 Å². The largest absolute Gasteiger partial charge is 0.465 e. The Balaban J connectivity index is 1.79. The van der Waals surface area contributed by atoms with E-state index in [-0.39, 0.29) is 23.2 Å². The summed E-state index contributed by atoms with van der Waals surface area (Å²) in [6.07, 6.45) is 5.28. The van der Waals surface area contributed by atoms with Crippen molar-refractivity contribution in [2.45, 2.75) is 50.0 Å². The molecule has 4 rings (SSSR count). The Labute approximate surface area is 166 Å². The van der Waals surface area contributed by atoms with Crippen molar-refractivity contribution in [2.75, 3.05) is 32.7 Å². The minimum Gasteiger partial charge on any atom is -0.465 e. The number of likely N-dealkylation sites (tertiary alicyclic amines) is 1. The zero-order chi connectivity index (χ0) is 19.6. The minimum absolute atomic E-state index is 0.0584. The summed E-state index contributed by atoms with van der Waals surface area (Å²) >= 11 is 0. The normalized spacial score (nSPS) is 28.5. The first-order chi connectivity index (χ1) is 13.6. The molecule has 5 nitrogen and oxygen atoms in total. The molecule has 2 aliphatic heterocycles. The van der Waals surface area contributed by atoms with Gasteiger partial charge in [-0.3, -0.25) is 0 Å². The number of amides is 1. The summed E-state index contributed by atoms with van der Waals surface area (Å²) in [4.78, 5) is 14.0. The maximum absolute atomic E-state index is 14.4. The summed E-state index contributed by atoms with van der Waals surface area (Å²) in [6, 6.07) is 7.09. The van der Waals surface area contributed by atoms with Gasteiger partial charge in [0.05, 0.1) is 0 Å². The Morgan fingerprint density at radius 1 is 1.21 bits per heavy atom. The zero-order valence-corrected chi connectivity index (χ0v) is 16.5. The predicted octanol–water partition coefficient (Wildman–Crippen LogP) is 3.21. The van der Waals surface area contributed by atoms with Gasteiger partial charge in [0.1, 0.15) is 5.82 Å². The van der Waals surface area contributed by atoms with Crippen molar-refractivity contribution in [2.24, 2.45) is 11.8 Å². The van der Waals surface area contributed by atoms with E-state index in [0.717, 1.165) is 70.4 Å². The van der Waals surface area contributed by atoms with Crippen LogP contribution in [-0.4, -0.2) is 54.9 Å². The summed E-state index contributed by atoms with van der Waals surface area (Å²) in [7, 11) is 0. The van der Waals surface area contributed by atoms with Crippen LogP contribution in [0.4, 0.5) is 9.18 Å². The Kier molecular flexibility index (Phi) is 5.88. The predicted molar refractivity (Wildman–Crippen MR) is 107 cm³/mol. The number of rotatable bonds is 6. The van der Waals surface area contributed by atoms with Crippen molar-refractivity contribution in [1.82, 2.24) is 15.5 Å². The zero-order valence-electron chi connectivity index (χ0n) is 16.5. The van der Waals surface area contributed by atoms with Crippen LogP contribution in [0.15, 0.2) is 24.3 Å². The molecule has 0 unspecified atom stereocenters. The van der Waals surface area contributed by atoms with E-state index in [9.17, 15) is 14.3 Å². The molecule has 6 heteroatoms. The lowest BCUT2D eigenvalue weighted by Crippen LogP contribution is -2.59. The number of hydrogen-bond donors (Lipinski definition) is 3. The highest BCUT2D eigenvalue weighted by Crippen LogP contribution is 2.51. The molecule has 2 heterocycles. The third kappa shape index (κ3) is 3.77. The number of piperidine rings is 1. The van der Waals surface area contributed by atoms with E-state index in [2.05, 4.69) is 21.6 Å². The molecule has 3 fully saturated rings. The fourth-order valence-corrected chi connectivity index (χ4v) is 6.02. The fourth-order valence-electron chi connectivity index (χ4n) is 6.02. The number of benzene rings is 1. The van der Waals surface area contributed by atoms with Crippen LogP contribution >= 0.6 is 0 Å². The second-order valence-corrected chi connectivity index (χ2v) is 8.80. The van der Waals surface area contributed by atoms with Crippen molar-refractivity contribution >= 4 is 6.09 Å².